The van der Waals surface area contributed by atoms with Crippen LogP contribution in [0.1, 0.15) is 44.4 Å². The number of nitriles is 1. The van der Waals surface area contributed by atoms with Crippen LogP contribution in [0.25, 0.3) is 11.1 Å². The molecular weight excluding hydrogens is 340 g/mol. The second-order valence-electron chi connectivity index (χ2n) is 7.14. The first-order valence-electron chi connectivity index (χ1n) is 8.59. The Kier molecular flexibility index (Phi) is 6.19. The third kappa shape index (κ3) is 5.58. The fourth-order valence-electron chi connectivity index (χ4n) is 2.59. The summed E-state index contributed by atoms with van der Waals surface area (Å²) in [5, 5.41) is 11.8. The number of carbonyl (C=O) groups excluding carboxylic acids is 1. The number of nitrogen functional groups attached to an aromatic ring is 1. The van der Waals surface area contributed by atoms with Crippen LogP contribution < -0.4 is 11.1 Å². The standard InChI is InChI=1S/C21H24N4O2/c1-5-6-19(25-20(26)27-21(2,3)4)16-10-15(12-24-13-16)17-8-7-14(11-22)9-18(17)23/h5,7-10,12-13,19H,1,6,23H2,2-4H3,(H,25,26). The monoisotopic (exact) mass is 364 g/mol. The van der Waals surface area contributed by atoms with Gasteiger partial charge < -0.3 is 15.8 Å². The van der Waals surface area contributed by atoms with Gasteiger partial charge in [0.1, 0.15) is 5.60 Å². The van der Waals surface area contributed by atoms with Gasteiger partial charge in [-0.1, -0.05) is 12.1 Å². The topological polar surface area (TPSA) is 101 Å². The van der Waals surface area contributed by atoms with Crippen LogP contribution in [0.2, 0.25) is 0 Å². The fourth-order valence-corrected chi connectivity index (χ4v) is 2.59. The number of ether oxygens (including phenoxy) is 1. The summed E-state index contributed by atoms with van der Waals surface area (Å²) in [6.45, 7) is 9.19. The third-order valence-electron chi connectivity index (χ3n) is 3.75. The van der Waals surface area contributed by atoms with Crippen molar-refractivity contribution >= 4 is 11.8 Å². The number of hydrogen-bond donors (Lipinski definition) is 2. The van der Waals surface area contributed by atoms with Crippen molar-refractivity contribution in [3.8, 4) is 17.2 Å². The van der Waals surface area contributed by atoms with E-state index in [9.17, 15) is 4.79 Å². The number of amides is 1. The second-order valence-corrected chi connectivity index (χ2v) is 7.14. The van der Waals surface area contributed by atoms with E-state index in [-0.39, 0.29) is 6.04 Å². The molecule has 140 valence electrons. The van der Waals surface area contributed by atoms with Crippen molar-refractivity contribution in [2.24, 2.45) is 0 Å². The number of anilines is 1. The van der Waals surface area contributed by atoms with Gasteiger partial charge in [-0.2, -0.15) is 5.26 Å². The third-order valence-corrected chi connectivity index (χ3v) is 3.75. The molecule has 2 aromatic rings. The highest BCUT2D eigenvalue weighted by atomic mass is 16.6. The van der Waals surface area contributed by atoms with E-state index in [0.717, 1.165) is 16.7 Å². The molecule has 0 fully saturated rings. The Balaban J connectivity index is 2.31. The molecule has 1 aromatic carbocycles. The molecule has 27 heavy (non-hydrogen) atoms. The van der Waals surface area contributed by atoms with Crippen molar-refractivity contribution < 1.29 is 9.53 Å². The number of nitrogens with zero attached hydrogens (tertiary/aromatic N) is 2. The van der Waals surface area contributed by atoms with Crippen LogP contribution in [0.3, 0.4) is 0 Å². The fraction of sp³-hybridized carbons (Fsp3) is 0.286. The van der Waals surface area contributed by atoms with E-state index in [1.165, 1.54) is 0 Å². The van der Waals surface area contributed by atoms with Gasteiger partial charge in [-0.05, 0) is 51.0 Å². The Hall–Kier alpha value is -3.33. The minimum Gasteiger partial charge on any atom is -0.444 e. The van der Waals surface area contributed by atoms with E-state index in [1.54, 1.807) is 36.7 Å². The molecule has 1 atom stereocenters. The van der Waals surface area contributed by atoms with Crippen LogP contribution in [0.4, 0.5) is 10.5 Å². The highest BCUT2D eigenvalue weighted by molar-refractivity contribution is 5.77. The number of aromatic nitrogens is 1. The van der Waals surface area contributed by atoms with E-state index < -0.39 is 11.7 Å². The van der Waals surface area contributed by atoms with E-state index in [2.05, 4.69) is 22.9 Å². The number of pyridine rings is 1. The molecule has 0 saturated carbocycles. The first-order valence-corrected chi connectivity index (χ1v) is 8.59. The lowest BCUT2D eigenvalue weighted by atomic mass is 9.99. The summed E-state index contributed by atoms with van der Waals surface area (Å²) in [5.41, 5.74) is 8.87. The number of carbonyl (C=O) groups is 1. The average Bonchev–Trinajstić information content (AvgIpc) is 2.59. The predicted molar refractivity (Wildman–Crippen MR) is 106 cm³/mol. The molecule has 0 radical (unpaired) electrons. The number of benzene rings is 1. The van der Waals surface area contributed by atoms with Crippen molar-refractivity contribution in [3.05, 3.63) is 60.4 Å². The SMILES string of the molecule is C=CCC(NC(=O)OC(C)(C)C)c1cncc(-c2ccc(C#N)cc2N)c1. The van der Waals surface area contributed by atoms with Crippen molar-refractivity contribution in [2.75, 3.05) is 5.73 Å². The Morgan fingerprint density at radius 2 is 2.15 bits per heavy atom. The number of rotatable bonds is 5. The summed E-state index contributed by atoms with van der Waals surface area (Å²) in [5.74, 6) is 0. The molecule has 0 bridgehead atoms. The lowest BCUT2D eigenvalue weighted by molar-refractivity contribution is 0.0504. The first-order chi connectivity index (χ1) is 12.7. The van der Waals surface area contributed by atoms with E-state index in [1.807, 2.05) is 26.8 Å². The van der Waals surface area contributed by atoms with Crippen LogP contribution in [0, 0.1) is 11.3 Å². The van der Waals surface area contributed by atoms with Gasteiger partial charge in [0.2, 0.25) is 0 Å². The van der Waals surface area contributed by atoms with Gasteiger partial charge in [0.05, 0.1) is 17.7 Å². The average molecular weight is 364 g/mol. The van der Waals surface area contributed by atoms with Crippen molar-refractivity contribution in [2.45, 2.75) is 38.8 Å². The first kappa shape index (κ1) is 20.0. The molecule has 0 aliphatic rings. The van der Waals surface area contributed by atoms with Gasteiger partial charge in [0, 0.05) is 29.2 Å². The molecule has 0 saturated heterocycles. The molecule has 6 heteroatoms. The van der Waals surface area contributed by atoms with Crippen molar-refractivity contribution in [1.82, 2.24) is 10.3 Å². The Morgan fingerprint density at radius 1 is 1.41 bits per heavy atom. The molecule has 0 spiro atoms. The van der Waals surface area contributed by atoms with Gasteiger partial charge in [0.25, 0.3) is 0 Å². The van der Waals surface area contributed by atoms with Crippen molar-refractivity contribution in [3.63, 3.8) is 0 Å². The predicted octanol–water partition coefficient (Wildman–Crippen LogP) is 4.34. The van der Waals surface area contributed by atoms with Crippen LogP contribution in [0.5, 0.6) is 0 Å². The van der Waals surface area contributed by atoms with Gasteiger partial charge >= 0.3 is 6.09 Å². The van der Waals surface area contributed by atoms with Crippen LogP contribution in [0.15, 0.2) is 49.3 Å². The Morgan fingerprint density at radius 3 is 2.74 bits per heavy atom. The highest BCUT2D eigenvalue weighted by Gasteiger charge is 2.20. The highest BCUT2D eigenvalue weighted by Crippen LogP contribution is 2.29. The Labute approximate surface area is 159 Å². The van der Waals surface area contributed by atoms with Gasteiger partial charge in [0.15, 0.2) is 0 Å². The molecule has 1 aromatic heterocycles. The molecular formula is C21H24N4O2. The quantitative estimate of drug-likeness (QED) is 0.607. The molecule has 2 rings (SSSR count). The summed E-state index contributed by atoms with van der Waals surface area (Å²) in [4.78, 5) is 16.4. The summed E-state index contributed by atoms with van der Waals surface area (Å²) in [6.07, 6.45) is 5.13. The second kappa shape index (κ2) is 8.37. The normalized spacial score (nSPS) is 11.9. The molecule has 1 amide bonds. The zero-order chi connectivity index (χ0) is 20.0. The minimum absolute atomic E-state index is 0.329. The molecule has 0 aliphatic carbocycles. The largest absolute Gasteiger partial charge is 0.444 e. The summed E-state index contributed by atoms with van der Waals surface area (Å²) in [6, 6.07) is 8.77. The zero-order valence-corrected chi connectivity index (χ0v) is 15.8. The molecule has 1 heterocycles. The summed E-state index contributed by atoms with van der Waals surface area (Å²) in [7, 11) is 0. The van der Waals surface area contributed by atoms with E-state index in [4.69, 9.17) is 15.7 Å². The van der Waals surface area contributed by atoms with E-state index in [0.29, 0.717) is 17.7 Å². The molecule has 0 aliphatic heterocycles. The summed E-state index contributed by atoms with van der Waals surface area (Å²) < 4.78 is 5.34. The minimum atomic E-state index is -0.583. The van der Waals surface area contributed by atoms with Crippen LogP contribution >= 0.6 is 0 Å². The summed E-state index contributed by atoms with van der Waals surface area (Å²) >= 11 is 0. The van der Waals surface area contributed by atoms with Crippen molar-refractivity contribution in [1.29, 1.82) is 5.26 Å². The maximum absolute atomic E-state index is 12.2. The Bertz CT molecular complexity index is 878. The number of hydrogen-bond acceptors (Lipinski definition) is 5. The number of alkyl carbamates (subject to hydrolysis) is 1. The van der Waals surface area contributed by atoms with Crippen LogP contribution in [-0.4, -0.2) is 16.7 Å². The lowest BCUT2D eigenvalue weighted by Crippen LogP contribution is -2.34. The van der Waals surface area contributed by atoms with Gasteiger partial charge in [-0.15, -0.1) is 6.58 Å². The molecule has 6 nitrogen and oxygen atoms in total. The smallest absolute Gasteiger partial charge is 0.408 e. The lowest BCUT2D eigenvalue weighted by Gasteiger charge is -2.23. The maximum atomic E-state index is 12.2. The zero-order valence-electron chi connectivity index (χ0n) is 15.8. The van der Waals surface area contributed by atoms with Gasteiger partial charge in [-0.25, -0.2) is 4.79 Å². The number of nitrogens with one attached hydrogen (secondary N) is 1. The number of nitrogens with two attached hydrogens (primary N) is 1. The van der Waals surface area contributed by atoms with Crippen LogP contribution in [-0.2, 0) is 4.74 Å². The molecule has 1 unspecified atom stereocenters. The van der Waals surface area contributed by atoms with E-state index >= 15 is 0 Å². The van der Waals surface area contributed by atoms with Gasteiger partial charge in [-0.3, -0.25) is 4.98 Å². The maximum Gasteiger partial charge on any atom is 0.408 e. The molecule has 3 N–H and O–H groups in total.